The minimum absolute atomic E-state index is 0.106. The van der Waals surface area contributed by atoms with Gasteiger partial charge < -0.3 is 5.11 Å². The molecule has 1 aliphatic carbocycles. The summed E-state index contributed by atoms with van der Waals surface area (Å²) in [5.41, 5.74) is 3.88. The van der Waals surface area contributed by atoms with Crippen LogP contribution in [0.15, 0.2) is 18.3 Å². The van der Waals surface area contributed by atoms with Crippen LogP contribution in [0.2, 0.25) is 0 Å². The third kappa shape index (κ3) is 1.73. The van der Waals surface area contributed by atoms with Crippen LogP contribution in [0.3, 0.4) is 0 Å². The topological polar surface area (TPSA) is 68.0 Å². The smallest absolute Gasteiger partial charge is 0.356 e. The Morgan fingerprint density at radius 2 is 2.21 bits per heavy atom. The molecule has 98 valence electrons. The molecule has 1 N–H and O–H groups in total. The first-order valence-corrected chi connectivity index (χ1v) is 6.38. The van der Waals surface area contributed by atoms with Gasteiger partial charge in [0.25, 0.3) is 0 Å². The highest BCUT2D eigenvalue weighted by atomic mass is 16.4. The lowest BCUT2D eigenvalue weighted by atomic mass is 9.92. The van der Waals surface area contributed by atoms with E-state index in [4.69, 9.17) is 0 Å². The fourth-order valence-corrected chi connectivity index (χ4v) is 2.62. The second-order valence-corrected chi connectivity index (χ2v) is 5.03. The lowest BCUT2D eigenvalue weighted by Gasteiger charge is -2.18. The first-order chi connectivity index (χ1) is 9.09. The van der Waals surface area contributed by atoms with Crippen molar-refractivity contribution in [3.63, 3.8) is 0 Å². The number of nitrogens with zero attached hydrogens (tertiary/aromatic N) is 3. The molecular formula is C14H15N3O2. The van der Waals surface area contributed by atoms with E-state index in [0.717, 1.165) is 28.9 Å². The van der Waals surface area contributed by atoms with E-state index < -0.39 is 5.97 Å². The average Bonchev–Trinajstić information content (AvgIpc) is 2.78. The van der Waals surface area contributed by atoms with Gasteiger partial charge in [-0.05, 0) is 38.3 Å². The second kappa shape index (κ2) is 4.19. The van der Waals surface area contributed by atoms with Gasteiger partial charge in [-0.1, -0.05) is 6.07 Å². The molecule has 5 nitrogen and oxygen atoms in total. The third-order valence-electron chi connectivity index (χ3n) is 3.46. The monoisotopic (exact) mass is 257 g/mol. The molecule has 1 aliphatic rings. The molecule has 0 aliphatic heterocycles. The van der Waals surface area contributed by atoms with Gasteiger partial charge in [0.1, 0.15) is 0 Å². The predicted molar refractivity (Wildman–Crippen MR) is 70.2 cm³/mol. The highest BCUT2D eigenvalue weighted by Crippen LogP contribution is 2.35. The standard InChI is InChI=1S/C14H15N3O2/c1-8(2)17-13-10(12(16-17)14(18)19)6-5-9-4-3-7-15-11(9)13/h3-4,7-8H,5-6H2,1-2H3,(H,18,19). The average molecular weight is 257 g/mol. The zero-order valence-corrected chi connectivity index (χ0v) is 10.9. The van der Waals surface area contributed by atoms with Crippen molar-refractivity contribution in [1.29, 1.82) is 0 Å². The first kappa shape index (κ1) is 11.9. The van der Waals surface area contributed by atoms with E-state index in [-0.39, 0.29) is 11.7 Å². The van der Waals surface area contributed by atoms with Crippen molar-refractivity contribution in [3.05, 3.63) is 35.2 Å². The summed E-state index contributed by atoms with van der Waals surface area (Å²) in [7, 11) is 0. The van der Waals surface area contributed by atoms with E-state index in [2.05, 4.69) is 10.1 Å². The summed E-state index contributed by atoms with van der Waals surface area (Å²) in [5, 5.41) is 13.6. The van der Waals surface area contributed by atoms with Gasteiger partial charge in [-0.2, -0.15) is 5.10 Å². The van der Waals surface area contributed by atoms with Crippen molar-refractivity contribution in [3.8, 4) is 11.4 Å². The van der Waals surface area contributed by atoms with Crippen LogP contribution in [0.4, 0.5) is 0 Å². The normalized spacial score (nSPS) is 13.2. The zero-order chi connectivity index (χ0) is 13.6. The van der Waals surface area contributed by atoms with Gasteiger partial charge in [-0.3, -0.25) is 9.67 Å². The maximum Gasteiger partial charge on any atom is 0.356 e. The Morgan fingerprint density at radius 1 is 1.42 bits per heavy atom. The lowest BCUT2D eigenvalue weighted by Crippen LogP contribution is -2.11. The Hall–Kier alpha value is -2.17. The molecule has 0 spiro atoms. The molecule has 3 rings (SSSR count). The molecule has 5 heteroatoms. The quantitative estimate of drug-likeness (QED) is 0.896. The number of carbonyl (C=O) groups is 1. The molecule has 0 saturated heterocycles. The number of aromatic nitrogens is 3. The van der Waals surface area contributed by atoms with Crippen LogP contribution in [-0.4, -0.2) is 25.8 Å². The predicted octanol–water partition coefficient (Wildman–Crippen LogP) is 2.32. The van der Waals surface area contributed by atoms with Crippen molar-refractivity contribution >= 4 is 5.97 Å². The van der Waals surface area contributed by atoms with Crippen LogP contribution in [0.1, 0.15) is 41.5 Å². The number of hydrogen-bond acceptors (Lipinski definition) is 3. The number of carboxylic acid groups (broad SMARTS) is 1. The highest BCUT2D eigenvalue weighted by Gasteiger charge is 2.29. The van der Waals surface area contributed by atoms with Crippen LogP contribution >= 0.6 is 0 Å². The SMILES string of the molecule is CC(C)n1nc(C(=O)O)c2c1-c1ncccc1CC2. The molecule has 0 radical (unpaired) electrons. The van der Waals surface area contributed by atoms with Crippen molar-refractivity contribution in [2.24, 2.45) is 0 Å². The summed E-state index contributed by atoms with van der Waals surface area (Å²) in [6, 6.07) is 4.07. The zero-order valence-electron chi connectivity index (χ0n) is 10.9. The Labute approximate surface area is 110 Å². The van der Waals surface area contributed by atoms with Gasteiger partial charge in [0.2, 0.25) is 0 Å². The molecule has 0 atom stereocenters. The lowest BCUT2D eigenvalue weighted by molar-refractivity contribution is 0.0688. The fraction of sp³-hybridized carbons (Fsp3) is 0.357. The van der Waals surface area contributed by atoms with Crippen LogP contribution in [0, 0.1) is 0 Å². The molecule has 0 aromatic carbocycles. The van der Waals surface area contributed by atoms with Gasteiger partial charge >= 0.3 is 5.97 Å². The van der Waals surface area contributed by atoms with Gasteiger partial charge in [-0.15, -0.1) is 0 Å². The molecule has 0 unspecified atom stereocenters. The number of aryl methyl sites for hydroxylation is 1. The molecule has 0 saturated carbocycles. The number of hydrogen-bond donors (Lipinski definition) is 1. The fourth-order valence-electron chi connectivity index (χ4n) is 2.62. The largest absolute Gasteiger partial charge is 0.476 e. The molecule has 19 heavy (non-hydrogen) atoms. The van der Waals surface area contributed by atoms with Crippen LogP contribution in [0.5, 0.6) is 0 Å². The molecule has 0 amide bonds. The van der Waals surface area contributed by atoms with E-state index in [9.17, 15) is 9.90 Å². The van der Waals surface area contributed by atoms with Gasteiger partial charge in [0, 0.05) is 17.8 Å². The van der Waals surface area contributed by atoms with Gasteiger partial charge in [0.15, 0.2) is 5.69 Å². The number of pyridine rings is 1. The number of rotatable bonds is 2. The summed E-state index contributed by atoms with van der Waals surface area (Å²) in [4.78, 5) is 15.7. The molecule has 0 bridgehead atoms. The maximum absolute atomic E-state index is 11.3. The Morgan fingerprint density at radius 3 is 2.89 bits per heavy atom. The minimum Gasteiger partial charge on any atom is -0.476 e. The molecule has 2 aromatic heterocycles. The highest BCUT2D eigenvalue weighted by molar-refractivity contribution is 5.90. The first-order valence-electron chi connectivity index (χ1n) is 6.38. The van der Waals surface area contributed by atoms with Crippen LogP contribution < -0.4 is 0 Å². The van der Waals surface area contributed by atoms with Crippen molar-refractivity contribution < 1.29 is 9.90 Å². The summed E-state index contributed by atoms with van der Waals surface area (Å²) in [5.74, 6) is -0.963. The molecule has 2 heterocycles. The summed E-state index contributed by atoms with van der Waals surface area (Å²) in [6.45, 7) is 3.99. The Kier molecular flexibility index (Phi) is 2.62. The molecule has 2 aromatic rings. The van der Waals surface area contributed by atoms with E-state index in [1.165, 1.54) is 0 Å². The van der Waals surface area contributed by atoms with E-state index in [0.29, 0.717) is 6.42 Å². The van der Waals surface area contributed by atoms with Gasteiger partial charge in [-0.25, -0.2) is 4.79 Å². The van der Waals surface area contributed by atoms with E-state index >= 15 is 0 Å². The molecule has 0 fully saturated rings. The van der Waals surface area contributed by atoms with Crippen LogP contribution in [-0.2, 0) is 12.8 Å². The number of fused-ring (bicyclic) bond motifs is 3. The Bertz CT molecular complexity index is 659. The van der Waals surface area contributed by atoms with E-state index in [1.807, 2.05) is 26.0 Å². The third-order valence-corrected chi connectivity index (χ3v) is 3.46. The second-order valence-electron chi connectivity index (χ2n) is 5.03. The van der Waals surface area contributed by atoms with Gasteiger partial charge in [0.05, 0.1) is 11.4 Å². The number of aromatic carboxylic acids is 1. The van der Waals surface area contributed by atoms with Crippen molar-refractivity contribution in [2.75, 3.05) is 0 Å². The number of carboxylic acids is 1. The maximum atomic E-state index is 11.3. The minimum atomic E-state index is -0.963. The van der Waals surface area contributed by atoms with Crippen molar-refractivity contribution in [2.45, 2.75) is 32.7 Å². The molecular weight excluding hydrogens is 242 g/mol. The summed E-state index contributed by atoms with van der Waals surface area (Å²) >= 11 is 0. The van der Waals surface area contributed by atoms with Crippen LogP contribution in [0.25, 0.3) is 11.4 Å². The Balaban J connectivity index is 2.31. The summed E-state index contributed by atoms with van der Waals surface area (Å²) < 4.78 is 1.78. The van der Waals surface area contributed by atoms with E-state index in [1.54, 1.807) is 10.9 Å². The summed E-state index contributed by atoms with van der Waals surface area (Å²) in [6.07, 6.45) is 3.27. The van der Waals surface area contributed by atoms with Crippen molar-refractivity contribution in [1.82, 2.24) is 14.8 Å².